The Balaban J connectivity index is 2.20. The monoisotopic (exact) mass is 196 g/mol. The molecule has 2 saturated heterocycles. The smallest absolute Gasteiger partial charge is 0.246 e. The molecular weight excluding hydrogens is 180 g/mol. The van der Waals surface area contributed by atoms with Crippen molar-refractivity contribution in [1.82, 2.24) is 10.2 Å². The lowest BCUT2D eigenvalue weighted by atomic mass is 9.99. The number of nitrogens with zero attached hydrogens (tertiary/aromatic N) is 1. The fraction of sp³-hybridized carbons (Fsp3) is 0.800. The van der Waals surface area contributed by atoms with Crippen LogP contribution in [-0.4, -0.2) is 35.3 Å². The van der Waals surface area contributed by atoms with Gasteiger partial charge in [-0.05, 0) is 18.8 Å². The molecule has 0 aliphatic carbocycles. The zero-order chi connectivity index (χ0) is 10.3. The number of piperazine rings is 1. The van der Waals surface area contributed by atoms with Crippen molar-refractivity contribution in [3.05, 3.63) is 0 Å². The van der Waals surface area contributed by atoms with Gasteiger partial charge in [-0.25, -0.2) is 0 Å². The summed E-state index contributed by atoms with van der Waals surface area (Å²) in [7, 11) is 0. The Labute approximate surface area is 83.6 Å². The van der Waals surface area contributed by atoms with Crippen LogP contribution < -0.4 is 5.32 Å². The molecule has 2 heterocycles. The van der Waals surface area contributed by atoms with Gasteiger partial charge in [-0.15, -0.1) is 0 Å². The molecule has 4 heteroatoms. The average molecular weight is 196 g/mol. The maximum absolute atomic E-state index is 11.9. The third-order valence-electron chi connectivity index (χ3n) is 3.07. The lowest BCUT2D eigenvalue weighted by molar-refractivity contribution is -0.148. The van der Waals surface area contributed by atoms with Gasteiger partial charge in [-0.2, -0.15) is 0 Å². The van der Waals surface area contributed by atoms with E-state index >= 15 is 0 Å². The quantitative estimate of drug-likeness (QED) is 0.648. The first-order chi connectivity index (χ1) is 6.61. The van der Waals surface area contributed by atoms with Crippen LogP contribution in [0.2, 0.25) is 0 Å². The Morgan fingerprint density at radius 2 is 2.14 bits per heavy atom. The third kappa shape index (κ3) is 1.29. The molecule has 0 spiro atoms. The van der Waals surface area contributed by atoms with Crippen molar-refractivity contribution in [2.24, 2.45) is 5.92 Å². The maximum Gasteiger partial charge on any atom is 0.246 e. The molecule has 0 unspecified atom stereocenters. The highest BCUT2D eigenvalue weighted by molar-refractivity contribution is 5.97. The Morgan fingerprint density at radius 1 is 1.43 bits per heavy atom. The standard InChI is InChI=1S/C10H16N2O2/c1-6(2)8-10(14)12-5-3-4-7(12)9(13)11-8/h6-8H,3-5H2,1-2H3,(H,11,13)/t7-,8+/m0/s1. The Kier molecular flexibility index (Phi) is 2.21. The number of hydrogen-bond donors (Lipinski definition) is 1. The number of fused-ring (bicyclic) bond motifs is 1. The summed E-state index contributed by atoms with van der Waals surface area (Å²) in [6.45, 7) is 4.67. The number of carbonyl (C=O) groups is 2. The van der Waals surface area contributed by atoms with E-state index in [1.54, 1.807) is 4.90 Å². The highest BCUT2D eigenvalue weighted by Crippen LogP contribution is 2.23. The minimum atomic E-state index is -0.308. The molecule has 0 aromatic carbocycles. The van der Waals surface area contributed by atoms with E-state index in [4.69, 9.17) is 0 Å². The van der Waals surface area contributed by atoms with Crippen molar-refractivity contribution in [2.45, 2.75) is 38.8 Å². The summed E-state index contributed by atoms with van der Waals surface area (Å²) >= 11 is 0. The van der Waals surface area contributed by atoms with E-state index in [0.29, 0.717) is 0 Å². The normalized spacial score (nSPS) is 32.1. The largest absolute Gasteiger partial charge is 0.342 e. The van der Waals surface area contributed by atoms with Gasteiger partial charge in [0.15, 0.2) is 0 Å². The predicted octanol–water partition coefficient (Wildman–Crippen LogP) is 0.132. The molecule has 14 heavy (non-hydrogen) atoms. The summed E-state index contributed by atoms with van der Waals surface area (Å²) in [5.41, 5.74) is 0. The second-order valence-electron chi connectivity index (χ2n) is 4.42. The molecule has 0 aromatic heterocycles. The molecular formula is C10H16N2O2. The minimum absolute atomic E-state index is 0.0285. The van der Waals surface area contributed by atoms with Crippen LogP contribution in [0.1, 0.15) is 26.7 Å². The fourth-order valence-electron chi connectivity index (χ4n) is 2.24. The van der Waals surface area contributed by atoms with Crippen LogP contribution in [0, 0.1) is 5.92 Å². The van der Waals surface area contributed by atoms with E-state index in [-0.39, 0.29) is 29.8 Å². The van der Waals surface area contributed by atoms with Gasteiger partial charge in [0.2, 0.25) is 11.8 Å². The van der Waals surface area contributed by atoms with Gasteiger partial charge < -0.3 is 10.2 Å². The van der Waals surface area contributed by atoms with Crippen molar-refractivity contribution in [3.63, 3.8) is 0 Å². The van der Waals surface area contributed by atoms with Gasteiger partial charge in [0.05, 0.1) is 0 Å². The van der Waals surface area contributed by atoms with Crippen LogP contribution in [0.25, 0.3) is 0 Å². The van der Waals surface area contributed by atoms with Crippen LogP contribution in [0.4, 0.5) is 0 Å². The second kappa shape index (κ2) is 3.26. The summed E-state index contributed by atoms with van der Waals surface area (Å²) < 4.78 is 0. The average Bonchev–Trinajstić information content (AvgIpc) is 2.59. The lowest BCUT2D eigenvalue weighted by Gasteiger charge is -2.36. The summed E-state index contributed by atoms with van der Waals surface area (Å²) in [6, 6.07) is -0.491. The molecule has 0 bridgehead atoms. The van der Waals surface area contributed by atoms with E-state index in [0.717, 1.165) is 19.4 Å². The molecule has 0 radical (unpaired) electrons. The highest BCUT2D eigenvalue weighted by Gasteiger charge is 2.43. The van der Waals surface area contributed by atoms with Gasteiger partial charge in [-0.3, -0.25) is 9.59 Å². The Bertz CT molecular complexity index is 271. The van der Waals surface area contributed by atoms with Gasteiger partial charge >= 0.3 is 0 Å². The molecule has 2 atom stereocenters. The molecule has 78 valence electrons. The van der Waals surface area contributed by atoms with Crippen molar-refractivity contribution in [2.75, 3.05) is 6.54 Å². The summed E-state index contributed by atoms with van der Waals surface area (Å²) in [5, 5.41) is 2.81. The fourth-order valence-corrected chi connectivity index (χ4v) is 2.24. The van der Waals surface area contributed by atoms with Crippen molar-refractivity contribution < 1.29 is 9.59 Å². The van der Waals surface area contributed by atoms with E-state index in [1.807, 2.05) is 13.8 Å². The summed E-state index contributed by atoms with van der Waals surface area (Å²) in [5.74, 6) is 0.302. The number of hydrogen-bond acceptors (Lipinski definition) is 2. The van der Waals surface area contributed by atoms with Gasteiger partial charge in [0.25, 0.3) is 0 Å². The molecule has 2 aliphatic rings. The lowest BCUT2D eigenvalue weighted by Crippen LogP contribution is -2.62. The van der Waals surface area contributed by atoms with Crippen LogP contribution in [0.5, 0.6) is 0 Å². The van der Waals surface area contributed by atoms with E-state index in [2.05, 4.69) is 5.32 Å². The Morgan fingerprint density at radius 3 is 2.79 bits per heavy atom. The molecule has 2 amide bonds. The second-order valence-corrected chi connectivity index (χ2v) is 4.42. The maximum atomic E-state index is 11.9. The molecule has 2 fully saturated rings. The number of amides is 2. The number of nitrogens with one attached hydrogen (secondary N) is 1. The third-order valence-corrected chi connectivity index (χ3v) is 3.07. The van der Waals surface area contributed by atoms with Crippen LogP contribution in [0.3, 0.4) is 0 Å². The SMILES string of the molecule is CC(C)[C@H]1NC(=O)[C@@H]2CCCN2C1=O. The van der Waals surface area contributed by atoms with Crippen molar-refractivity contribution >= 4 is 11.8 Å². The number of rotatable bonds is 1. The van der Waals surface area contributed by atoms with E-state index in [1.165, 1.54) is 0 Å². The topological polar surface area (TPSA) is 49.4 Å². The molecule has 2 aliphatic heterocycles. The zero-order valence-corrected chi connectivity index (χ0v) is 8.62. The minimum Gasteiger partial charge on any atom is -0.342 e. The predicted molar refractivity (Wildman–Crippen MR) is 51.5 cm³/mol. The Hall–Kier alpha value is -1.06. The van der Waals surface area contributed by atoms with Gasteiger partial charge in [-0.1, -0.05) is 13.8 Å². The van der Waals surface area contributed by atoms with Crippen molar-refractivity contribution in [1.29, 1.82) is 0 Å². The number of carbonyl (C=O) groups excluding carboxylic acids is 2. The molecule has 0 saturated carbocycles. The first-order valence-electron chi connectivity index (χ1n) is 5.22. The summed E-state index contributed by atoms with van der Waals surface area (Å²) in [4.78, 5) is 25.3. The van der Waals surface area contributed by atoms with Crippen LogP contribution >= 0.6 is 0 Å². The first-order valence-corrected chi connectivity index (χ1v) is 5.22. The molecule has 0 aromatic rings. The molecule has 1 N–H and O–H groups in total. The molecule has 2 rings (SSSR count). The highest BCUT2D eigenvalue weighted by atomic mass is 16.2. The molecule has 4 nitrogen and oxygen atoms in total. The summed E-state index contributed by atoms with van der Waals surface area (Å²) in [6.07, 6.45) is 1.77. The van der Waals surface area contributed by atoms with Crippen LogP contribution in [0.15, 0.2) is 0 Å². The van der Waals surface area contributed by atoms with Gasteiger partial charge in [0.1, 0.15) is 12.1 Å². The van der Waals surface area contributed by atoms with E-state index in [9.17, 15) is 9.59 Å². The zero-order valence-electron chi connectivity index (χ0n) is 8.62. The van der Waals surface area contributed by atoms with Gasteiger partial charge in [0, 0.05) is 6.54 Å². The van der Waals surface area contributed by atoms with Crippen LogP contribution in [-0.2, 0) is 9.59 Å². The van der Waals surface area contributed by atoms with Crippen molar-refractivity contribution in [3.8, 4) is 0 Å². The van der Waals surface area contributed by atoms with E-state index < -0.39 is 0 Å². The first kappa shape index (κ1) is 9.49.